The third kappa shape index (κ3) is 3.29. The largest absolute Gasteiger partial charge is 0.296 e. The molecule has 1 N–H and O–H groups in total. The topological polar surface area (TPSA) is 59.8 Å². The molecule has 0 radical (unpaired) electrons. The van der Waals surface area contributed by atoms with Gasteiger partial charge in [0.15, 0.2) is 5.65 Å². The molecule has 3 rings (SSSR count). The first-order chi connectivity index (χ1) is 9.94. The third-order valence-electron chi connectivity index (χ3n) is 3.83. The Labute approximate surface area is 132 Å². The first-order valence-corrected chi connectivity index (χ1v) is 7.57. The number of hydrogen-bond acceptors (Lipinski definition) is 3. The van der Waals surface area contributed by atoms with Gasteiger partial charge in [0, 0.05) is 18.7 Å². The molecular formula is C17H26N4O. The number of carbonyl (C=O) groups is 1. The highest BCUT2D eigenvalue weighted by molar-refractivity contribution is 5.91. The molecule has 1 fully saturated rings. The number of imidazole rings is 1. The molecule has 5 heteroatoms. The smallest absolute Gasteiger partial charge is 0.227 e. The summed E-state index contributed by atoms with van der Waals surface area (Å²) in [6.45, 7) is 6.18. The Kier molecular flexibility index (Phi) is 4.54. The zero-order chi connectivity index (χ0) is 15.0. The van der Waals surface area contributed by atoms with E-state index in [0.29, 0.717) is 18.4 Å². The van der Waals surface area contributed by atoms with Crippen LogP contribution in [0.4, 0.5) is 5.95 Å². The molecule has 0 aromatic carbocycles. The van der Waals surface area contributed by atoms with Crippen molar-refractivity contribution in [3.63, 3.8) is 0 Å². The lowest BCUT2D eigenvalue weighted by molar-refractivity contribution is -0.117. The van der Waals surface area contributed by atoms with Crippen LogP contribution in [0.5, 0.6) is 0 Å². The molecule has 1 aliphatic carbocycles. The van der Waals surface area contributed by atoms with Gasteiger partial charge in [0.25, 0.3) is 0 Å². The molecule has 2 aromatic heterocycles. The molecule has 0 saturated heterocycles. The van der Waals surface area contributed by atoms with Gasteiger partial charge in [-0.05, 0) is 36.8 Å². The first-order valence-electron chi connectivity index (χ1n) is 7.57. The highest BCUT2D eigenvalue weighted by atomic mass is 16.1. The van der Waals surface area contributed by atoms with E-state index in [2.05, 4.69) is 40.6 Å². The van der Waals surface area contributed by atoms with Crippen molar-refractivity contribution in [3.05, 3.63) is 18.3 Å². The Bertz CT molecular complexity index is 665. The summed E-state index contributed by atoms with van der Waals surface area (Å²) in [7, 11) is 0. The Morgan fingerprint density at radius 2 is 2.14 bits per heavy atom. The van der Waals surface area contributed by atoms with Gasteiger partial charge in [0.05, 0.1) is 0 Å². The summed E-state index contributed by atoms with van der Waals surface area (Å²) in [4.78, 5) is 21.2. The van der Waals surface area contributed by atoms with Crippen molar-refractivity contribution in [1.82, 2.24) is 14.5 Å². The minimum Gasteiger partial charge on any atom is -0.296 e. The van der Waals surface area contributed by atoms with Crippen LogP contribution >= 0.6 is 0 Å². The maximum atomic E-state index is 12.2. The van der Waals surface area contributed by atoms with Crippen molar-refractivity contribution in [2.75, 3.05) is 5.32 Å². The SMILES string of the molecule is C.CC(C)(C)CC(=O)Nc1nc2cccnc2n1C1CCC1. The van der Waals surface area contributed by atoms with Crippen LogP contribution in [-0.4, -0.2) is 20.4 Å². The standard InChI is InChI=1S/C16H22N4O.CH4/c1-16(2,3)10-13(21)19-15-18-12-8-5-9-17-14(12)20(15)11-6-4-7-11;/h5,8-9,11H,4,6-7,10H2,1-3H3,(H,18,19,21);1H4. The van der Waals surface area contributed by atoms with Crippen molar-refractivity contribution in [2.45, 2.75) is 59.9 Å². The Balaban J connectivity index is 0.00000176. The van der Waals surface area contributed by atoms with E-state index in [1.165, 1.54) is 6.42 Å². The van der Waals surface area contributed by atoms with E-state index in [0.717, 1.165) is 24.0 Å². The van der Waals surface area contributed by atoms with Crippen molar-refractivity contribution in [1.29, 1.82) is 0 Å². The van der Waals surface area contributed by atoms with Crippen LogP contribution in [-0.2, 0) is 4.79 Å². The molecule has 0 aliphatic heterocycles. The fraction of sp³-hybridized carbons (Fsp3) is 0.588. The molecule has 2 heterocycles. The number of hydrogen-bond donors (Lipinski definition) is 1. The Morgan fingerprint density at radius 3 is 2.73 bits per heavy atom. The second-order valence-corrected chi connectivity index (χ2v) is 7.02. The van der Waals surface area contributed by atoms with Gasteiger partial charge >= 0.3 is 0 Å². The molecule has 0 bridgehead atoms. The molecule has 0 unspecified atom stereocenters. The number of amides is 1. The number of nitrogens with zero attached hydrogens (tertiary/aromatic N) is 3. The van der Waals surface area contributed by atoms with Crippen LogP contribution in [0.2, 0.25) is 0 Å². The lowest BCUT2D eigenvalue weighted by Crippen LogP contribution is -2.24. The van der Waals surface area contributed by atoms with E-state index in [1.54, 1.807) is 6.20 Å². The van der Waals surface area contributed by atoms with Crippen LogP contribution in [0, 0.1) is 5.41 Å². The van der Waals surface area contributed by atoms with Gasteiger partial charge in [-0.3, -0.25) is 14.7 Å². The Morgan fingerprint density at radius 1 is 1.41 bits per heavy atom. The minimum atomic E-state index is -0.0321. The molecule has 22 heavy (non-hydrogen) atoms. The van der Waals surface area contributed by atoms with E-state index in [9.17, 15) is 4.79 Å². The van der Waals surface area contributed by atoms with Gasteiger partial charge < -0.3 is 0 Å². The quantitative estimate of drug-likeness (QED) is 0.925. The molecule has 5 nitrogen and oxygen atoms in total. The fourth-order valence-corrected chi connectivity index (χ4v) is 2.66. The normalized spacial score (nSPS) is 15.2. The average Bonchev–Trinajstić information content (AvgIpc) is 2.63. The number of carbonyl (C=O) groups excluding carboxylic acids is 1. The summed E-state index contributed by atoms with van der Waals surface area (Å²) in [6, 6.07) is 4.23. The van der Waals surface area contributed by atoms with Crippen LogP contribution in [0.1, 0.15) is 59.9 Å². The third-order valence-corrected chi connectivity index (χ3v) is 3.83. The molecule has 0 spiro atoms. The number of rotatable bonds is 3. The number of aromatic nitrogens is 3. The minimum absolute atomic E-state index is 0. The van der Waals surface area contributed by atoms with Gasteiger partial charge in [-0.15, -0.1) is 0 Å². The summed E-state index contributed by atoms with van der Waals surface area (Å²) < 4.78 is 2.10. The molecular weight excluding hydrogens is 276 g/mol. The van der Waals surface area contributed by atoms with Crippen LogP contribution < -0.4 is 5.32 Å². The summed E-state index contributed by atoms with van der Waals surface area (Å²) in [5, 5.41) is 2.98. The van der Waals surface area contributed by atoms with E-state index in [4.69, 9.17) is 0 Å². The zero-order valence-electron chi connectivity index (χ0n) is 12.9. The van der Waals surface area contributed by atoms with Crippen molar-refractivity contribution in [2.24, 2.45) is 5.41 Å². The highest BCUT2D eigenvalue weighted by Crippen LogP contribution is 2.36. The van der Waals surface area contributed by atoms with E-state index < -0.39 is 0 Å². The van der Waals surface area contributed by atoms with Gasteiger partial charge in [-0.25, -0.2) is 9.97 Å². The van der Waals surface area contributed by atoms with Gasteiger partial charge in [-0.2, -0.15) is 0 Å². The number of nitrogens with one attached hydrogen (secondary N) is 1. The maximum Gasteiger partial charge on any atom is 0.227 e. The molecule has 1 aliphatic rings. The van der Waals surface area contributed by atoms with Gasteiger partial charge in [0.2, 0.25) is 11.9 Å². The molecule has 1 amide bonds. The second kappa shape index (κ2) is 6.07. The van der Waals surface area contributed by atoms with Crippen molar-refractivity contribution >= 4 is 23.0 Å². The van der Waals surface area contributed by atoms with Crippen molar-refractivity contribution < 1.29 is 4.79 Å². The molecule has 0 atom stereocenters. The molecule has 120 valence electrons. The second-order valence-electron chi connectivity index (χ2n) is 7.02. The molecule has 2 aromatic rings. The summed E-state index contributed by atoms with van der Waals surface area (Å²) >= 11 is 0. The lowest BCUT2D eigenvalue weighted by Gasteiger charge is -2.28. The zero-order valence-corrected chi connectivity index (χ0v) is 12.9. The first kappa shape index (κ1) is 16.5. The predicted octanol–water partition coefficient (Wildman–Crippen LogP) is 4.17. The van der Waals surface area contributed by atoms with E-state index in [-0.39, 0.29) is 18.7 Å². The van der Waals surface area contributed by atoms with E-state index in [1.807, 2.05) is 12.1 Å². The van der Waals surface area contributed by atoms with E-state index >= 15 is 0 Å². The van der Waals surface area contributed by atoms with Gasteiger partial charge in [0.1, 0.15) is 5.52 Å². The van der Waals surface area contributed by atoms with Crippen LogP contribution in [0.15, 0.2) is 18.3 Å². The number of fused-ring (bicyclic) bond motifs is 1. The lowest BCUT2D eigenvalue weighted by atomic mass is 9.92. The molecule has 1 saturated carbocycles. The van der Waals surface area contributed by atoms with Crippen LogP contribution in [0.25, 0.3) is 11.2 Å². The average molecular weight is 302 g/mol. The summed E-state index contributed by atoms with van der Waals surface area (Å²) in [6.07, 6.45) is 5.75. The van der Waals surface area contributed by atoms with Crippen LogP contribution in [0.3, 0.4) is 0 Å². The number of anilines is 1. The predicted molar refractivity (Wildman–Crippen MR) is 89.8 cm³/mol. The van der Waals surface area contributed by atoms with Gasteiger partial charge in [-0.1, -0.05) is 28.2 Å². The fourth-order valence-electron chi connectivity index (χ4n) is 2.66. The maximum absolute atomic E-state index is 12.2. The van der Waals surface area contributed by atoms with Crippen molar-refractivity contribution in [3.8, 4) is 0 Å². The highest BCUT2D eigenvalue weighted by Gasteiger charge is 2.26. The summed E-state index contributed by atoms with van der Waals surface area (Å²) in [5.41, 5.74) is 1.68. The number of pyridine rings is 1. The monoisotopic (exact) mass is 302 g/mol. The Hall–Kier alpha value is -1.91. The summed E-state index contributed by atoms with van der Waals surface area (Å²) in [5.74, 6) is 0.654.